The number of nitrogens with one attached hydrogen (secondary N) is 1. The Bertz CT molecular complexity index is 912. The highest BCUT2D eigenvalue weighted by atomic mass is 32.2. The van der Waals surface area contributed by atoms with E-state index >= 15 is 0 Å². The first-order valence-corrected chi connectivity index (χ1v) is 8.60. The van der Waals surface area contributed by atoms with Crippen LogP contribution < -0.4 is 5.32 Å². The minimum Gasteiger partial charge on any atom is -0.325 e. The molecule has 3 aromatic rings. The molecule has 0 fully saturated rings. The number of hydrogen-bond acceptors (Lipinski definition) is 6. The standard InChI is InChI=1S/C17H15N5O3S/c1-12(16(23)19-13-7-9-15(10-8-13)22(24)25)26-17-18-11-21(20-17)14-5-3-2-4-6-14/h2-12H,1H3,(H,19,23)/t12-/m1/s1. The third-order valence-corrected chi connectivity index (χ3v) is 4.45. The number of carbonyl (C=O) groups is 1. The van der Waals surface area contributed by atoms with Crippen molar-refractivity contribution in [2.24, 2.45) is 0 Å². The smallest absolute Gasteiger partial charge is 0.269 e. The molecule has 1 N–H and O–H groups in total. The summed E-state index contributed by atoms with van der Waals surface area (Å²) in [4.78, 5) is 26.7. The Hall–Kier alpha value is -3.20. The second kappa shape index (κ2) is 7.79. The van der Waals surface area contributed by atoms with E-state index in [-0.39, 0.29) is 11.6 Å². The molecule has 9 heteroatoms. The molecule has 0 aliphatic heterocycles. The normalized spacial score (nSPS) is 11.7. The van der Waals surface area contributed by atoms with Gasteiger partial charge in [0.15, 0.2) is 0 Å². The predicted molar refractivity (Wildman–Crippen MR) is 98.4 cm³/mol. The molecule has 0 saturated heterocycles. The maximum atomic E-state index is 12.3. The molecule has 1 amide bonds. The summed E-state index contributed by atoms with van der Waals surface area (Å²) >= 11 is 1.23. The van der Waals surface area contributed by atoms with Crippen molar-refractivity contribution < 1.29 is 9.72 Å². The zero-order valence-corrected chi connectivity index (χ0v) is 14.6. The number of non-ortho nitro benzene ring substituents is 1. The Labute approximate surface area is 153 Å². The van der Waals surface area contributed by atoms with E-state index in [1.54, 1.807) is 17.9 Å². The third-order valence-electron chi connectivity index (χ3n) is 3.49. The van der Waals surface area contributed by atoms with Gasteiger partial charge in [0.25, 0.3) is 5.69 Å². The minimum absolute atomic E-state index is 0.0268. The van der Waals surface area contributed by atoms with E-state index in [0.29, 0.717) is 10.8 Å². The number of hydrogen-bond donors (Lipinski definition) is 1. The van der Waals surface area contributed by atoms with Gasteiger partial charge in [0.05, 0.1) is 15.9 Å². The number of carbonyl (C=O) groups excluding carboxylic acids is 1. The lowest BCUT2D eigenvalue weighted by molar-refractivity contribution is -0.384. The average molecular weight is 369 g/mol. The summed E-state index contributed by atoms with van der Waals surface area (Å²) in [6, 6.07) is 15.2. The monoisotopic (exact) mass is 369 g/mol. The lowest BCUT2D eigenvalue weighted by atomic mass is 10.3. The molecule has 0 saturated carbocycles. The summed E-state index contributed by atoms with van der Waals surface area (Å²) in [5.74, 6) is -0.236. The first-order valence-electron chi connectivity index (χ1n) is 7.72. The largest absolute Gasteiger partial charge is 0.325 e. The first-order chi connectivity index (χ1) is 12.5. The zero-order chi connectivity index (χ0) is 18.5. The van der Waals surface area contributed by atoms with E-state index in [0.717, 1.165) is 5.69 Å². The van der Waals surface area contributed by atoms with E-state index in [1.165, 1.54) is 36.0 Å². The second-order valence-corrected chi connectivity index (χ2v) is 6.67. The van der Waals surface area contributed by atoms with Gasteiger partial charge >= 0.3 is 0 Å². The van der Waals surface area contributed by atoms with Crippen LogP contribution in [-0.2, 0) is 4.79 Å². The van der Waals surface area contributed by atoms with Crippen LogP contribution in [-0.4, -0.2) is 30.8 Å². The van der Waals surface area contributed by atoms with Crippen molar-refractivity contribution in [1.29, 1.82) is 0 Å². The number of nitro groups is 1. The summed E-state index contributed by atoms with van der Waals surface area (Å²) in [6.45, 7) is 1.74. The topological polar surface area (TPSA) is 103 Å². The Morgan fingerprint density at radius 3 is 2.54 bits per heavy atom. The number of amides is 1. The molecular formula is C17H15N5O3S. The van der Waals surface area contributed by atoms with Crippen LogP contribution in [0.1, 0.15) is 6.92 Å². The van der Waals surface area contributed by atoms with Crippen molar-refractivity contribution in [1.82, 2.24) is 14.8 Å². The number of thioether (sulfide) groups is 1. The van der Waals surface area contributed by atoms with Gasteiger partial charge in [0.2, 0.25) is 11.1 Å². The molecule has 0 aliphatic rings. The molecule has 2 aromatic carbocycles. The van der Waals surface area contributed by atoms with Crippen molar-refractivity contribution in [2.75, 3.05) is 5.32 Å². The quantitative estimate of drug-likeness (QED) is 0.406. The van der Waals surface area contributed by atoms with Gasteiger partial charge in [-0.3, -0.25) is 14.9 Å². The molecular weight excluding hydrogens is 354 g/mol. The number of para-hydroxylation sites is 1. The van der Waals surface area contributed by atoms with Crippen LogP contribution in [0.25, 0.3) is 5.69 Å². The summed E-state index contributed by atoms with van der Waals surface area (Å²) in [7, 11) is 0. The van der Waals surface area contributed by atoms with Crippen molar-refractivity contribution >= 4 is 29.0 Å². The Morgan fingerprint density at radius 2 is 1.88 bits per heavy atom. The Balaban J connectivity index is 1.61. The van der Waals surface area contributed by atoms with Gasteiger partial charge in [0.1, 0.15) is 6.33 Å². The summed E-state index contributed by atoms with van der Waals surface area (Å²) in [5.41, 5.74) is 1.35. The summed E-state index contributed by atoms with van der Waals surface area (Å²) in [6.07, 6.45) is 1.60. The second-order valence-electron chi connectivity index (χ2n) is 5.36. The van der Waals surface area contributed by atoms with Crippen LogP contribution in [0.3, 0.4) is 0 Å². The first kappa shape index (κ1) is 17.6. The fourth-order valence-corrected chi connectivity index (χ4v) is 2.85. The Kier molecular flexibility index (Phi) is 5.28. The number of benzene rings is 2. The molecule has 26 heavy (non-hydrogen) atoms. The average Bonchev–Trinajstić information content (AvgIpc) is 3.11. The van der Waals surface area contributed by atoms with E-state index in [4.69, 9.17) is 0 Å². The number of nitrogens with zero attached hydrogens (tertiary/aromatic N) is 4. The molecule has 0 unspecified atom stereocenters. The molecule has 0 radical (unpaired) electrons. The molecule has 3 rings (SSSR count). The highest BCUT2D eigenvalue weighted by molar-refractivity contribution is 8.00. The highest BCUT2D eigenvalue weighted by Crippen LogP contribution is 2.22. The molecule has 0 spiro atoms. The van der Waals surface area contributed by atoms with Crippen LogP contribution in [0.2, 0.25) is 0 Å². The van der Waals surface area contributed by atoms with Gasteiger partial charge in [-0.25, -0.2) is 9.67 Å². The van der Waals surface area contributed by atoms with E-state index < -0.39 is 10.2 Å². The Morgan fingerprint density at radius 1 is 1.19 bits per heavy atom. The van der Waals surface area contributed by atoms with Crippen molar-refractivity contribution in [3.8, 4) is 5.69 Å². The molecule has 1 atom stereocenters. The van der Waals surface area contributed by atoms with Crippen LogP contribution in [0, 0.1) is 10.1 Å². The van der Waals surface area contributed by atoms with Crippen molar-refractivity contribution in [2.45, 2.75) is 17.3 Å². The van der Waals surface area contributed by atoms with Crippen LogP contribution in [0.15, 0.2) is 66.1 Å². The maximum Gasteiger partial charge on any atom is 0.269 e. The minimum atomic E-state index is -0.487. The van der Waals surface area contributed by atoms with Gasteiger partial charge in [-0.1, -0.05) is 30.0 Å². The van der Waals surface area contributed by atoms with Crippen LogP contribution >= 0.6 is 11.8 Å². The fraction of sp³-hybridized carbons (Fsp3) is 0.118. The molecule has 1 aromatic heterocycles. The third kappa shape index (κ3) is 4.25. The van der Waals surface area contributed by atoms with Crippen LogP contribution in [0.4, 0.5) is 11.4 Å². The van der Waals surface area contributed by atoms with E-state index in [9.17, 15) is 14.9 Å². The van der Waals surface area contributed by atoms with Crippen molar-refractivity contribution in [3.63, 3.8) is 0 Å². The van der Waals surface area contributed by atoms with Gasteiger partial charge in [0, 0.05) is 17.8 Å². The lowest BCUT2D eigenvalue weighted by Gasteiger charge is -2.10. The highest BCUT2D eigenvalue weighted by Gasteiger charge is 2.17. The molecule has 8 nitrogen and oxygen atoms in total. The van der Waals surface area contributed by atoms with Gasteiger partial charge < -0.3 is 5.32 Å². The van der Waals surface area contributed by atoms with Gasteiger partial charge in [-0.2, -0.15) is 0 Å². The zero-order valence-electron chi connectivity index (χ0n) is 13.8. The SMILES string of the molecule is C[C@@H](Sc1ncn(-c2ccccc2)n1)C(=O)Nc1ccc([N+](=O)[O-])cc1. The van der Waals surface area contributed by atoms with Crippen molar-refractivity contribution in [3.05, 3.63) is 71.0 Å². The number of aromatic nitrogens is 3. The van der Waals surface area contributed by atoms with E-state index in [1.807, 2.05) is 30.3 Å². The van der Waals surface area contributed by atoms with Gasteiger partial charge in [-0.15, -0.1) is 5.10 Å². The van der Waals surface area contributed by atoms with Crippen LogP contribution in [0.5, 0.6) is 0 Å². The van der Waals surface area contributed by atoms with Gasteiger partial charge in [-0.05, 0) is 31.2 Å². The fourth-order valence-electron chi connectivity index (χ4n) is 2.13. The molecule has 132 valence electrons. The maximum absolute atomic E-state index is 12.3. The molecule has 0 bridgehead atoms. The summed E-state index contributed by atoms with van der Waals surface area (Å²) < 4.78 is 1.64. The summed E-state index contributed by atoms with van der Waals surface area (Å²) in [5, 5.41) is 17.8. The molecule has 0 aliphatic carbocycles. The number of rotatable bonds is 6. The number of anilines is 1. The predicted octanol–water partition coefficient (Wildman–Crippen LogP) is 3.29. The van der Waals surface area contributed by atoms with E-state index in [2.05, 4.69) is 15.4 Å². The number of nitro benzene ring substituents is 1. The molecule has 1 heterocycles. The lowest BCUT2D eigenvalue weighted by Crippen LogP contribution is -2.22.